The molecule has 0 aliphatic heterocycles. The van der Waals surface area contributed by atoms with Crippen LogP contribution in [0.4, 0.5) is 9.59 Å². The summed E-state index contributed by atoms with van der Waals surface area (Å²) in [5, 5.41) is 8.27. The van der Waals surface area contributed by atoms with E-state index >= 15 is 0 Å². The van der Waals surface area contributed by atoms with Gasteiger partial charge >= 0.3 is 12.2 Å². The largest absolute Gasteiger partial charge is 0.445 e. The van der Waals surface area contributed by atoms with E-state index in [9.17, 15) is 14.4 Å². The number of aryl methyl sites for hydroxylation is 1. The highest BCUT2D eigenvalue weighted by atomic mass is 16.6. The molecule has 0 saturated carbocycles. The maximum absolute atomic E-state index is 12.8. The van der Waals surface area contributed by atoms with Crippen LogP contribution < -0.4 is 16.0 Å². The van der Waals surface area contributed by atoms with Crippen molar-refractivity contribution in [1.29, 1.82) is 0 Å². The van der Waals surface area contributed by atoms with Crippen LogP contribution in [0.25, 0.3) is 0 Å². The van der Waals surface area contributed by atoms with Crippen LogP contribution in [0.1, 0.15) is 56.7 Å². The summed E-state index contributed by atoms with van der Waals surface area (Å²) in [5.41, 5.74) is 2.33. The number of hydrogen-bond donors (Lipinski definition) is 3. The van der Waals surface area contributed by atoms with Gasteiger partial charge in [0.1, 0.15) is 18.2 Å². The molecular weight excluding hydrogens is 446 g/mol. The molecule has 0 aliphatic carbocycles. The minimum absolute atomic E-state index is 0.204. The first kappa shape index (κ1) is 27.7. The fraction of sp³-hybridized carbons (Fsp3) is 0.444. The normalized spacial score (nSPS) is 11.8. The molecule has 3 N–H and O–H groups in total. The van der Waals surface area contributed by atoms with E-state index in [1.807, 2.05) is 61.5 Å². The summed E-state index contributed by atoms with van der Waals surface area (Å²) in [7, 11) is 0. The van der Waals surface area contributed by atoms with Gasteiger partial charge in [-0.3, -0.25) is 4.79 Å². The predicted molar refractivity (Wildman–Crippen MR) is 135 cm³/mol. The van der Waals surface area contributed by atoms with Crippen LogP contribution in [-0.4, -0.2) is 36.3 Å². The molecule has 0 bridgehead atoms. The third-order valence-electron chi connectivity index (χ3n) is 4.96. The standard InChI is InChI=1S/C27H37N3O5/c1-20-11-10-14-22(17-20)18-29-24(31)23(30-26(33)35-27(2,3)4)15-8-9-16-28-25(32)34-19-21-12-6-5-7-13-21/h5-7,10-14,17,23H,8-9,15-16,18-19H2,1-4H3,(H,28,32)(H,29,31)(H,30,33). The van der Waals surface area contributed by atoms with Crippen molar-refractivity contribution in [1.82, 2.24) is 16.0 Å². The predicted octanol–water partition coefficient (Wildman–Crippen LogP) is 4.60. The second-order valence-electron chi connectivity index (χ2n) is 9.39. The fourth-order valence-corrected chi connectivity index (χ4v) is 3.29. The monoisotopic (exact) mass is 483 g/mol. The first-order chi connectivity index (χ1) is 16.6. The Bertz CT molecular complexity index is 957. The van der Waals surface area contributed by atoms with Crippen LogP contribution in [0.3, 0.4) is 0 Å². The Morgan fingerprint density at radius 1 is 0.886 bits per heavy atom. The van der Waals surface area contributed by atoms with E-state index in [-0.39, 0.29) is 12.5 Å². The Hall–Kier alpha value is -3.55. The summed E-state index contributed by atoms with van der Waals surface area (Å²) >= 11 is 0. The van der Waals surface area contributed by atoms with Crippen molar-refractivity contribution in [2.24, 2.45) is 0 Å². The Kier molecular flexibility index (Phi) is 11.1. The van der Waals surface area contributed by atoms with E-state index < -0.39 is 23.8 Å². The SMILES string of the molecule is Cc1cccc(CNC(=O)C(CCCCNC(=O)OCc2ccccc2)NC(=O)OC(C)(C)C)c1. The topological polar surface area (TPSA) is 106 Å². The van der Waals surface area contributed by atoms with Crippen molar-refractivity contribution in [3.8, 4) is 0 Å². The van der Waals surface area contributed by atoms with Crippen molar-refractivity contribution in [2.75, 3.05) is 6.54 Å². The Balaban J connectivity index is 1.79. The lowest BCUT2D eigenvalue weighted by molar-refractivity contribution is -0.123. The zero-order chi connectivity index (χ0) is 25.7. The summed E-state index contributed by atoms with van der Waals surface area (Å²) in [6.45, 7) is 8.25. The van der Waals surface area contributed by atoms with E-state index in [4.69, 9.17) is 9.47 Å². The molecule has 0 aliphatic rings. The summed E-state index contributed by atoms with van der Waals surface area (Å²) in [6.07, 6.45) is 0.499. The van der Waals surface area contributed by atoms with Crippen LogP contribution in [0.5, 0.6) is 0 Å². The lowest BCUT2D eigenvalue weighted by Gasteiger charge is -2.23. The van der Waals surface area contributed by atoms with Crippen molar-refractivity contribution >= 4 is 18.1 Å². The van der Waals surface area contributed by atoms with Crippen LogP contribution >= 0.6 is 0 Å². The highest BCUT2D eigenvalue weighted by Gasteiger charge is 2.24. The smallest absolute Gasteiger partial charge is 0.408 e. The minimum Gasteiger partial charge on any atom is -0.445 e. The summed E-state index contributed by atoms with van der Waals surface area (Å²) in [6, 6.07) is 16.5. The molecule has 0 aromatic heterocycles. The van der Waals surface area contributed by atoms with Gasteiger partial charge in [-0.25, -0.2) is 9.59 Å². The summed E-state index contributed by atoms with van der Waals surface area (Å²) < 4.78 is 10.5. The van der Waals surface area contributed by atoms with Crippen LogP contribution in [-0.2, 0) is 27.4 Å². The molecule has 2 aromatic rings. The Morgan fingerprint density at radius 3 is 2.29 bits per heavy atom. The van der Waals surface area contributed by atoms with Crippen molar-refractivity contribution in [3.63, 3.8) is 0 Å². The molecular formula is C27H37N3O5. The number of hydrogen-bond acceptors (Lipinski definition) is 5. The molecule has 35 heavy (non-hydrogen) atoms. The van der Waals surface area contributed by atoms with Gasteiger partial charge in [0, 0.05) is 13.1 Å². The van der Waals surface area contributed by atoms with Gasteiger partial charge in [0.15, 0.2) is 0 Å². The maximum atomic E-state index is 12.8. The molecule has 1 atom stereocenters. The van der Waals surface area contributed by atoms with Gasteiger partial charge in [-0.2, -0.15) is 0 Å². The molecule has 0 heterocycles. The van der Waals surface area contributed by atoms with Crippen molar-refractivity contribution in [3.05, 3.63) is 71.3 Å². The molecule has 0 fully saturated rings. The first-order valence-electron chi connectivity index (χ1n) is 11.9. The van der Waals surface area contributed by atoms with Gasteiger partial charge in [0.2, 0.25) is 5.91 Å². The van der Waals surface area contributed by atoms with E-state index in [1.54, 1.807) is 20.8 Å². The number of rotatable bonds is 11. The lowest BCUT2D eigenvalue weighted by atomic mass is 10.1. The lowest BCUT2D eigenvalue weighted by Crippen LogP contribution is -2.48. The second-order valence-corrected chi connectivity index (χ2v) is 9.39. The molecule has 8 nitrogen and oxygen atoms in total. The van der Waals surface area contributed by atoms with Crippen LogP contribution in [0.15, 0.2) is 54.6 Å². The number of alkyl carbamates (subject to hydrolysis) is 2. The second kappa shape index (κ2) is 14.0. The fourth-order valence-electron chi connectivity index (χ4n) is 3.29. The summed E-state index contributed by atoms with van der Waals surface area (Å²) in [4.78, 5) is 37.0. The Morgan fingerprint density at radius 2 is 1.60 bits per heavy atom. The number of benzene rings is 2. The maximum Gasteiger partial charge on any atom is 0.408 e. The number of carbonyl (C=O) groups excluding carboxylic acids is 3. The molecule has 190 valence electrons. The Labute approximate surface area is 207 Å². The van der Waals surface area contributed by atoms with E-state index in [0.29, 0.717) is 32.4 Å². The molecule has 2 aromatic carbocycles. The average Bonchev–Trinajstić information content (AvgIpc) is 2.79. The number of ether oxygens (including phenoxy) is 2. The van der Waals surface area contributed by atoms with Gasteiger partial charge in [0.05, 0.1) is 0 Å². The van der Waals surface area contributed by atoms with E-state index in [2.05, 4.69) is 16.0 Å². The number of unbranched alkanes of at least 4 members (excludes halogenated alkanes) is 1. The highest BCUT2D eigenvalue weighted by molar-refractivity contribution is 5.85. The van der Waals surface area contributed by atoms with Gasteiger partial charge in [0.25, 0.3) is 0 Å². The zero-order valence-electron chi connectivity index (χ0n) is 21.1. The number of amides is 3. The van der Waals surface area contributed by atoms with Crippen molar-refractivity contribution in [2.45, 2.75) is 71.8 Å². The van der Waals surface area contributed by atoms with Gasteiger partial charge < -0.3 is 25.4 Å². The molecule has 0 spiro atoms. The zero-order valence-corrected chi connectivity index (χ0v) is 21.1. The van der Waals surface area contributed by atoms with Gasteiger partial charge in [-0.15, -0.1) is 0 Å². The quantitative estimate of drug-likeness (QED) is 0.405. The van der Waals surface area contributed by atoms with Crippen molar-refractivity contribution < 1.29 is 23.9 Å². The minimum atomic E-state index is -0.750. The molecule has 8 heteroatoms. The first-order valence-corrected chi connectivity index (χ1v) is 11.9. The van der Waals surface area contributed by atoms with E-state index in [0.717, 1.165) is 16.7 Å². The average molecular weight is 484 g/mol. The van der Waals surface area contributed by atoms with Crippen LogP contribution in [0, 0.1) is 6.92 Å². The van der Waals surface area contributed by atoms with Gasteiger partial charge in [-0.1, -0.05) is 60.2 Å². The number of carbonyl (C=O) groups is 3. The molecule has 1 unspecified atom stereocenters. The van der Waals surface area contributed by atoms with Crippen LogP contribution in [0.2, 0.25) is 0 Å². The highest BCUT2D eigenvalue weighted by Crippen LogP contribution is 2.09. The third kappa shape index (κ3) is 11.9. The van der Waals surface area contributed by atoms with E-state index in [1.165, 1.54) is 0 Å². The molecule has 0 radical (unpaired) electrons. The molecule has 3 amide bonds. The molecule has 2 rings (SSSR count). The summed E-state index contributed by atoms with van der Waals surface area (Å²) in [5.74, 6) is -0.285. The third-order valence-corrected chi connectivity index (χ3v) is 4.96. The van der Waals surface area contributed by atoms with Gasteiger partial charge in [-0.05, 0) is 58.1 Å². The number of nitrogens with one attached hydrogen (secondary N) is 3. The molecule has 0 saturated heterocycles.